The Morgan fingerprint density at radius 2 is 2.08 bits per heavy atom. The summed E-state index contributed by atoms with van der Waals surface area (Å²) < 4.78 is 0. The van der Waals surface area contributed by atoms with E-state index in [2.05, 4.69) is 20.8 Å². The fourth-order valence-electron chi connectivity index (χ4n) is 2.03. The molecule has 0 saturated heterocycles. The molecule has 1 atom stereocenters. The lowest BCUT2D eigenvalue weighted by atomic mass is 10.1. The van der Waals surface area contributed by atoms with Crippen LogP contribution in [-0.2, 0) is 11.2 Å². The average Bonchev–Trinajstić information content (AvgIpc) is 3.06. The number of rotatable bonds is 8. The minimum Gasteiger partial charge on any atom is -0.340 e. The summed E-state index contributed by atoms with van der Waals surface area (Å²) in [4.78, 5) is 25.0. The quantitative estimate of drug-likeness (QED) is 0.713. The Morgan fingerprint density at radius 3 is 2.72 bits per heavy atom. The van der Waals surface area contributed by atoms with E-state index in [0.29, 0.717) is 22.1 Å². The third kappa shape index (κ3) is 5.69. The molecule has 0 bridgehead atoms. The molecule has 134 valence electrons. The highest BCUT2D eigenvalue weighted by Gasteiger charge is 2.23. The van der Waals surface area contributed by atoms with Crippen LogP contribution < -0.4 is 10.6 Å². The SMILES string of the molecule is CCc1nnc(NC(=O)C(CCSC)NC(=O)c2ccccc2Cl)s1. The minimum atomic E-state index is -0.676. The molecule has 1 unspecified atom stereocenters. The van der Waals surface area contributed by atoms with Crippen molar-refractivity contribution in [1.29, 1.82) is 0 Å². The summed E-state index contributed by atoms with van der Waals surface area (Å²) >= 11 is 8.98. The second-order valence-corrected chi connectivity index (χ2v) is 7.59. The van der Waals surface area contributed by atoms with Gasteiger partial charge in [-0.3, -0.25) is 14.9 Å². The van der Waals surface area contributed by atoms with Gasteiger partial charge in [0.2, 0.25) is 11.0 Å². The van der Waals surface area contributed by atoms with E-state index < -0.39 is 6.04 Å². The fraction of sp³-hybridized carbons (Fsp3) is 0.375. The summed E-state index contributed by atoms with van der Waals surface area (Å²) in [6, 6.07) is 6.06. The van der Waals surface area contributed by atoms with E-state index in [0.717, 1.165) is 17.2 Å². The van der Waals surface area contributed by atoms with Crippen LogP contribution in [0.25, 0.3) is 0 Å². The maximum Gasteiger partial charge on any atom is 0.253 e. The Kier molecular flexibility index (Phi) is 7.67. The van der Waals surface area contributed by atoms with Crippen molar-refractivity contribution >= 4 is 51.6 Å². The molecule has 6 nitrogen and oxygen atoms in total. The highest BCUT2D eigenvalue weighted by atomic mass is 35.5. The second-order valence-electron chi connectivity index (χ2n) is 5.13. The zero-order valence-electron chi connectivity index (χ0n) is 13.9. The molecule has 25 heavy (non-hydrogen) atoms. The van der Waals surface area contributed by atoms with Crippen LogP contribution in [0.15, 0.2) is 24.3 Å². The molecule has 2 rings (SSSR count). The Bertz CT molecular complexity index is 738. The predicted octanol–water partition coefficient (Wildman–Crippen LogP) is 3.24. The van der Waals surface area contributed by atoms with Crippen LogP contribution >= 0.6 is 34.7 Å². The molecule has 0 aliphatic heterocycles. The molecule has 0 spiro atoms. The van der Waals surface area contributed by atoms with Crippen LogP contribution in [0.1, 0.15) is 28.7 Å². The van der Waals surface area contributed by atoms with Crippen molar-refractivity contribution in [3.63, 3.8) is 0 Å². The molecule has 9 heteroatoms. The number of thioether (sulfide) groups is 1. The molecule has 1 heterocycles. The first-order chi connectivity index (χ1) is 12.0. The lowest BCUT2D eigenvalue weighted by Crippen LogP contribution is -2.44. The minimum absolute atomic E-state index is 0.312. The molecule has 0 radical (unpaired) electrons. The summed E-state index contributed by atoms with van der Waals surface area (Å²) in [5, 5.41) is 15.0. The van der Waals surface area contributed by atoms with Crippen molar-refractivity contribution in [2.24, 2.45) is 0 Å². The van der Waals surface area contributed by atoms with E-state index in [1.165, 1.54) is 11.3 Å². The summed E-state index contributed by atoms with van der Waals surface area (Å²) in [5.41, 5.74) is 0.343. The first kappa shape index (κ1) is 19.7. The molecule has 0 aliphatic rings. The zero-order chi connectivity index (χ0) is 18.2. The van der Waals surface area contributed by atoms with Gasteiger partial charge in [0.15, 0.2) is 0 Å². The number of nitrogens with zero attached hydrogens (tertiary/aromatic N) is 2. The van der Waals surface area contributed by atoms with Gasteiger partial charge in [0.1, 0.15) is 11.0 Å². The molecule has 1 aromatic carbocycles. The van der Waals surface area contributed by atoms with Gasteiger partial charge in [-0.2, -0.15) is 11.8 Å². The highest BCUT2D eigenvalue weighted by Crippen LogP contribution is 2.17. The number of benzene rings is 1. The summed E-state index contributed by atoms with van der Waals surface area (Å²) in [5.74, 6) is 0.0450. The van der Waals surface area contributed by atoms with Gasteiger partial charge in [-0.25, -0.2) is 0 Å². The summed E-state index contributed by atoms with van der Waals surface area (Å²) in [7, 11) is 0. The van der Waals surface area contributed by atoms with E-state index in [1.54, 1.807) is 36.0 Å². The van der Waals surface area contributed by atoms with Crippen molar-refractivity contribution in [1.82, 2.24) is 15.5 Å². The molecular weight excluding hydrogens is 380 g/mol. The number of anilines is 1. The number of halogens is 1. The lowest BCUT2D eigenvalue weighted by Gasteiger charge is -2.17. The predicted molar refractivity (Wildman–Crippen MR) is 104 cm³/mol. The Morgan fingerprint density at radius 1 is 1.32 bits per heavy atom. The van der Waals surface area contributed by atoms with Gasteiger partial charge in [0.05, 0.1) is 10.6 Å². The topological polar surface area (TPSA) is 84.0 Å². The number of carbonyl (C=O) groups is 2. The molecule has 2 N–H and O–H groups in total. The number of aryl methyl sites for hydroxylation is 1. The van der Waals surface area contributed by atoms with Gasteiger partial charge in [-0.05, 0) is 37.0 Å². The number of amides is 2. The first-order valence-corrected chi connectivity index (χ1v) is 10.3. The van der Waals surface area contributed by atoms with Gasteiger partial charge in [-0.1, -0.05) is 42.0 Å². The van der Waals surface area contributed by atoms with Crippen molar-refractivity contribution in [3.8, 4) is 0 Å². The maximum absolute atomic E-state index is 12.5. The number of hydrogen-bond acceptors (Lipinski definition) is 6. The van der Waals surface area contributed by atoms with E-state index in [9.17, 15) is 9.59 Å². The van der Waals surface area contributed by atoms with E-state index in [4.69, 9.17) is 11.6 Å². The Hall–Kier alpha value is -1.64. The molecular formula is C16H19ClN4O2S2. The van der Waals surface area contributed by atoms with E-state index in [-0.39, 0.29) is 11.8 Å². The van der Waals surface area contributed by atoms with Crippen LogP contribution in [0.3, 0.4) is 0 Å². The maximum atomic E-state index is 12.5. The number of nitrogens with one attached hydrogen (secondary N) is 2. The smallest absolute Gasteiger partial charge is 0.253 e. The fourth-order valence-corrected chi connectivity index (χ4v) is 3.40. The van der Waals surface area contributed by atoms with Crippen LogP contribution in [-0.4, -0.2) is 40.1 Å². The van der Waals surface area contributed by atoms with Gasteiger partial charge in [-0.15, -0.1) is 10.2 Å². The van der Waals surface area contributed by atoms with E-state index >= 15 is 0 Å². The highest BCUT2D eigenvalue weighted by molar-refractivity contribution is 7.98. The van der Waals surface area contributed by atoms with Crippen LogP contribution in [0.2, 0.25) is 5.02 Å². The molecule has 2 amide bonds. The van der Waals surface area contributed by atoms with Gasteiger partial charge in [0.25, 0.3) is 5.91 Å². The average molecular weight is 399 g/mol. The Labute approximate surface area is 159 Å². The van der Waals surface area contributed by atoms with Crippen LogP contribution in [0.4, 0.5) is 5.13 Å². The van der Waals surface area contributed by atoms with Gasteiger partial charge < -0.3 is 5.32 Å². The molecule has 0 fully saturated rings. The van der Waals surface area contributed by atoms with E-state index in [1.807, 2.05) is 13.2 Å². The van der Waals surface area contributed by atoms with Crippen LogP contribution in [0.5, 0.6) is 0 Å². The number of aromatic nitrogens is 2. The molecule has 1 aromatic heterocycles. The largest absolute Gasteiger partial charge is 0.340 e. The standard InChI is InChI=1S/C16H19ClN4O2S2/c1-3-13-20-21-16(25-13)19-15(23)12(8-9-24-2)18-14(22)10-6-4-5-7-11(10)17/h4-7,12H,3,8-9H2,1-2H3,(H,18,22)(H,19,21,23). The second kappa shape index (κ2) is 9.74. The third-order valence-corrected chi connectivity index (χ3v) is 5.31. The number of hydrogen-bond donors (Lipinski definition) is 2. The van der Waals surface area contributed by atoms with Gasteiger partial charge in [0, 0.05) is 0 Å². The Balaban J connectivity index is 2.07. The number of carbonyl (C=O) groups excluding carboxylic acids is 2. The van der Waals surface area contributed by atoms with Crippen molar-refractivity contribution in [2.75, 3.05) is 17.3 Å². The monoisotopic (exact) mass is 398 g/mol. The molecule has 0 aliphatic carbocycles. The third-order valence-electron chi connectivity index (χ3n) is 3.35. The molecule has 2 aromatic rings. The van der Waals surface area contributed by atoms with Crippen molar-refractivity contribution in [3.05, 3.63) is 39.9 Å². The van der Waals surface area contributed by atoms with Crippen molar-refractivity contribution < 1.29 is 9.59 Å². The zero-order valence-corrected chi connectivity index (χ0v) is 16.3. The normalized spacial score (nSPS) is 11.8. The lowest BCUT2D eigenvalue weighted by molar-refractivity contribution is -0.118. The van der Waals surface area contributed by atoms with Gasteiger partial charge >= 0.3 is 0 Å². The molecule has 0 saturated carbocycles. The summed E-state index contributed by atoms with van der Waals surface area (Å²) in [6.45, 7) is 1.97. The first-order valence-electron chi connectivity index (χ1n) is 7.72. The summed E-state index contributed by atoms with van der Waals surface area (Å²) in [6.07, 6.45) is 3.21. The van der Waals surface area contributed by atoms with Crippen molar-refractivity contribution in [2.45, 2.75) is 25.8 Å². The van der Waals surface area contributed by atoms with Crippen LogP contribution in [0, 0.1) is 0 Å².